The van der Waals surface area contributed by atoms with Crippen molar-refractivity contribution in [3.05, 3.63) is 77.6 Å². The van der Waals surface area contributed by atoms with Gasteiger partial charge in [-0.3, -0.25) is 14.6 Å². The molecule has 7 heteroatoms. The topological polar surface area (TPSA) is 70.8 Å². The second-order valence-corrected chi connectivity index (χ2v) is 10.4. The van der Waals surface area contributed by atoms with Crippen molar-refractivity contribution >= 4 is 5.78 Å². The number of ether oxygens (including phenoxy) is 1. The summed E-state index contributed by atoms with van der Waals surface area (Å²) < 4.78 is 7.71. The van der Waals surface area contributed by atoms with E-state index in [9.17, 15) is 9.90 Å². The molecule has 0 aliphatic carbocycles. The quantitative estimate of drug-likeness (QED) is 0.404. The second kappa shape index (κ2) is 13.0. The molecule has 0 bridgehead atoms. The molecule has 1 N–H and O–H groups in total. The number of hydrogen-bond donors (Lipinski definition) is 1. The molecular formula is C30H40N4O3. The molecule has 1 atom stereocenters. The molecule has 4 rings (SSSR count). The maximum atomic E-state index is 12.7. The van der Waals surface area contributed by atoms with Gasteiger partial charge < -0.3 is 9.84 Å². The Bertz CT molecular complexity index is 1120. The molecule has 3 aromatic rings. The average molecular weight is 505 g/mol. The zero-order valence-electron chi connectivity index (χ0n) is 22.3. The van der Waals surface area contributed by atoms with E-state index in [-0.39, 0.29) is 12.4 Å². The number of piperazine rings is 1. The highest BCUT2D eigenvalue weighted by molar-refractivity contribution is 5.80. The monoisotopic (exact) mass is 504 g/mol. The third-order valence-electron chi connectivity index (χ3n) is 6.84. The number of ketones is 1. The van der Waals surface area contributed by atoms with Gasteiger partial charge in [0.25, 0.3) is 0 Å². The molecule has 1 saturated heterocycles. The van der Waals surface area contributed by atoms with E-state index in [0.717, 1.165) is 49.0 Å². The largest absolute Gasteiger partial charge is 0.491 e. The maximum absolute atomic E-state index is 12.7. The van der Waals surface area contributed by atoms with Crippen LogP contribution >= 0.6 is 0 Å². The highest BCUT2D eigenvalue weighted by Gasteiger charge is 2.21. The van der Waals surface area contributed by atoms with Crippen molar-refractivity contribution in [2.75, 3.05) is 45.9 Å². The van der Waals surface area contributed by atoms with Crippen LogP contribution in [0.25, 0.3) is 5.69 Å². The lowest BCUT2D eigenvalue weighted by Crippen LogP contribution is -2.50. The minimum atomic E-state index is -0.541. The summed E-state index contributed by atoms with van der Waals surface area (Å²) in [4.78, 5) is 17.2. The minimum absolute atomic E-state index is 0.250. The number of carbonyl (C=O) groups is 1. The maximum Gasteiger partial charge on any atom is 0.147 e. The van der Waals surface area contributed by atoms with E-state index in [1.807, 2.05) is 54.1 Å². The average Bonchev–Trinajstić information content (AvgIpc) is 3.34. The summed E-state index contributed by atoms with van der Waals surface area (Å²) in [6, 6.07) is 20.2. The molecule has 198 valence electrons. The van der Waals surface area contributed by atoms with E-state index in [4.69, 9.17) is 9.84 Å². The first-order chi connectivity index (χ1) is 17.9. The van der Waals surface area contributed by atoms with Gasteiger partial charge in [0, 0.05) is 44.8 Å². The normalized spacial score (nSPS) is 15.7. The molecule has 1 fully saturated rings. The van der Waals surface area contributed by atoms with Gasteiger partial charge in [0.05, 0.1) is 17.9 Å². The van der Waals surface area contributed by atoms with Gasteiger partial charge in [0.1, 0.15) is 24.2 Å². The number of aromatic nitrogens is 2. The molecule has 0 radical (unpaired) electrons. The summed E-state index contributed by atoms with van der Waals surface area (Å²) in [6.45, 7) is 11.0. The number of hydrogen-bond acceptors (Lipinski definition) is 6. The van der Waals surface area contributed by atoms with Crippen molar-refractivity contribution in [3.63, 3.8) is 0 Å². The van der Waals surface area contributed by atoms with Crippen LogP contribution < -0.4 is 4.74 Å². The third-order valence-corrected chi connectivity index (χ3v) is 6.84. The number of aliphatic hydroxyl groups is 1. The molecule has 1 aromatic heterocycles. The second-order valence-electron chi connectivity index (χ2n) is 10.4. The Balaban J connectivity index is 1.17. The lowest BCUT2D eigenvalue weighted by atomic mass is 10.1. The lowest BCUT2D eigenvalue weighted by Gasteiger charge is -2.35. The fourth-order valence-corrected chi connectivity index (χ4v) is 4.66. The summed E-state index contributed by atoms with van der Waals surface area (Å²) >= 11 is 0. The molecule has 7 nitrogen and oxygen atoms in total. The molecule has 37 heavy (non-hydrogen) atoms. The van der Waals surface area contributed by atoms with Crippen molar-refractivity contribution in [3.8, 4) is 11.4 Å². The van der Waals surface area contributed by atoms with Crippen LogP contribution in [0.4, 0.5) is 0 Å². The van der Waals surface area contributed by atoms with Gasteiger partial charge in [0.15, 0.2) is 0 Å². The van der Waals surface area contributed by atoms with Gasteiger partial charge in [-0.05, 0) is 49.6 Å². The van der Waals surface area contributed by atoms with Crippen LogP contribution in [0.3, 0.4) is 0 Å². The fraction of sp³-hybridized carbons (Fsp3) is 0.467. The van der Waals surface area contributed by atoms with E-state index in [1.165, 1.54) is 5.56 Å². The summed E-state index contributed by atoms with van der Waals surface area (Å²) in [6.07, 6.45) is 0.616. The van der Waals surface area contributed by atoms with Gasteiger partial charge >= 0.3 is 0 Å². The Morgan fingerprint density at radius 2 is 1.68 bits per heavy atom. The van der Waals surface area contributed by atoms with E-state index in [1.54, 1.807) is 0 Å². The van der Waals surface area contributed by atoms with Crippen molar-refractivity contribution in [2.45, 2.75) is 45.6 Å². The third kappa shape index (κ3) is 7.99. The first kappa shape index (κ1) is 27.0. The Morgan fingerprint density at radius 3 is 2.35 bits per heavy atom. The summed E-state index contributed by atoms with van der Waals surface area (Å²) in [7, 11) is 0. The Labute approximate surface area is 220 Å². The SMILES string of the molecule is Cc1ccc(OC[C@H](O)CN2CCN(CC(=O)CCc3cc(C(C)C)n(-c4ccccc4)n3)CC2)cc1. The fourth-order valence-electron chi connectivity index (χ4n) is 4.66. The van der Waals surface area contributed by atoms with Gasteiger partial charge in [0.2, 0.25) is 0 Å². The molecule has 2 heterocycles. The number of aryl methyl sites for hydroxylation is 2. The number of aliphatic hydroxyl groups excluding tert-OH is 1. The molecule has 0 saturated carbocycles. The molecule has 1 aliphatic heterocycles. The van der Waals surface area contributed by atoms with Crippen LogP contribution in [0.15, 0.2) is 60.7 Å². The molecule has 0 unspecified atom stereocenters. The summed E-state index contributed by atoms with van der Waals surface area (Å²) in [5.74, 6) is 1.38. The smallest absolute Gasteiger partial charge is 0.147 e. The van der Waals surface area contributed by atoms with E-state index < -0.39 is 6.10 Å². The van der Waals surface area contributed by atoms with Gasteiger partial charge in [-0.15, -0.1) is 0 Å². The standard InChI is InChI=1S/C30H40N4O3/c1-23(2)30-19-25(31-34(30)26-7-5-4-6-8-26)11-12-27(35)20-32-15-17-33(18-16-32)21-28(36)22-37-29-13-9-24(3)10-14-29/h4-10,13-14,19,23,28,36H,11-12,15-18,20-22H2,1-3H3/t28-/m1/s1. The molecule has 1 aliphatic rings. The van der Waals surface area contributed by atoms with Crippen molar-refractivity contribution in [1.29, 1.82) is 0 Å². The van der Waals surface area contributed by atoms with Crippen LogP contribution in [0.5, 0.6) is 5.75 Å². The number of carbonyl (C=O) groups excluding carboxylic acids is 1. The first-order valence-corrected chi connectivity index (χ1v) is 13.4. The van der Waals surface area contributed by atoms with Crippen LogP contribution in [0, 0.1) is 6.92 Å². The van der Waals surface area contributed by atoms with Crippen LogP contribution in [-0.2, 0) is 11.2 Å². The van der Waals surface area contributed by atoms with E-state index in [2.05, 4.69) is 41.8 Å². The number of benzene rings is 2. The predicted molar refractivity (Wildman–Crippen MR) is 147 cm³/mol. The van der Waals surface area contributed by atoms with Gasteiger partial charge in [-0.2, -0.15) is 5.10 Å². The van der Waals surface area contributed by atoms with E-state index >= 15 is 0 Å². The van der Waals surface area contributed by atoms with Crippen LogP contribution in [0.1, 0.15) is 43.1 Å². The highest BCUT2D eigenvalue weighted by Crippen LogP contribution is 2.21. The summed E-state index contributed by atoms with van der Waals surface area (Å²) in [5, 5.41) is 15.2. The molecule has 2 aromatic carbocycles. The van der Waals surface area contributed by atoms with Crippen LogP contribution in [-0.4, -0.2) is 82.4 Å². The lowest BCUT2D eigenvalue weighted by molar-refractivity contribution is -0.120. The first-order valence-electron chi connectivity index (χ1n) is 13.4. The summed E-state index contributed by atoms with van der Waals surface area (Å²) in [5.41, 5.74) is 4.36. The zero-order chi connectivity index (χ0) is 26.2. The van der Waals surface area contributed by atoms with E-state index in [0.29, 0.717) is 31.8 Å². The molecular weight excluding hydrogens is 464 g/mol. The molecule has 0 amide bonds. The Morgan fingerprint density at radius 1 is 1.00 bits per heavy atom. The van der Waals surface area contributed by atoms with Gasteiger partial charge in [-0.25, -0.2) is 4.68 Å². The van der Waals surface area contributed by atoms with Crippen molar-refractivity contribution < 1.29 is 14.6 Å². The Hall–Kier alpha value is -3.00. The molecule has 0 spiro atoms. The van der Waals surface area contributed by atoms with Crippen LogP contribution in [0.2, 0.25) is 0 Å². The number of rotatable bonds is 12. The zero-order valence-corrected chi connectivity index (χ0v) is 22.3. The van der Waals surface area contributed by atoms with Crippen molar-refractivity contribution in [1.82, 2.24) is 19.6 Å². The Kier molecular flexibility index (Phi) is 9.50. The number of Topliss-reactive ketones (excluding diaryl/α,β-unsaturated/α-hetero) is 1. The van der Waals surface area contributed by atoms with Gasteiger partial charge in [-0.1, -0.05) is 49.7 Å². The minimum Gasteiger partial charge on any atom is -0.491 e. The number of nitrogens with zero attached hydrogens (tertiary/aromatic N) is 4. The highest BCUT2D eigenvalue weighted by atomic mass is 16.5. The predicted octanol–water partition coefficient (Wildman–Crippen LogP) is 3.86. The number of β-amino-alcohol motifs (C(OH)–C–C–N with tert-alkyl or cyclic N) is 1. The van der Waals surface area contributed by atoms with Crippen molar-refractivity contribution in [2.24, 2.45) is 0 Å². The number of para-hydroxylation sites is 1.